The number of hydrogen-bond donors (Lipinski definition) is 4. The van der Waals surface area contributed by atoms with Crippen LogP contribution in [0.4, 0.5) is 4.79 Å². The third-order valence-corrected chi connectivity index (χ3v) is 14.8. The molecule has 70 heavy (non-hydrogen) atoms. The normalized spacial score (nSPS) is 20.1. The fraction of sp³-hybridized carbons (Fsp3) is 0.519. The van der Waals surface area contributed by atoms with E-state index in [9.17, 15) is 29.5 Å². The van der Waals surface area contributed by atoms with Gasteiger partial charge in [0.1, 0.15) is 30.3 Å². The second-order valence-corrected chi connectivity index (χ2v) is 22.1. The number of ether oxygens (including phenoxy) is 3. The van der Waals surface area contributed by atoms with E-state index in [0.29, 0.717) is 53.7 Å². The summed E-state index contributed by atoms with van der Waals surface area (Å²) >= 11 is 7.82. The van der Waals surface area contributed by atoms with Crippen LogP contribution in [0.2, 0.25) is 5.02 Å². The number of likely N-dealkylation sites (tertiary alicyclic amines) is 1. The van der Waals surface area contributed by atoms with E-state index in [0.717, 1.165) is 41.0 Å². The van der Waals surface area contributed by atoms with E-state index in [4.69, 9.17) is 25.8 Å². The molecule has 2 aliphatic rings. The van der Waals surface area contributed by atoms with Crippen molar-refractivity contribution in [2.45, 2.75) is 137 Å². The number of aromatic nitrogens is 1. The van der Waals surface area contributed by atoms with E-state index in [2.05, 4.69) is 54.7 Å². The lowest BCUT2D eigenvalue weighted by Gasteiger charge is -2.63. The summed E-state index contributed by atoms with van der Waals surface area (Å²) in [5, 5.41) is 29.5. The molecule has 3 aromatic carbocycles. The molecule has 4 N–H and O–H groups in total. The van der Waals surface area contributed by atoms with E-state index in [1.807, 2.05) is 64.4 Å². The summed E-state index contributed by atoms with van der Waals surface area (Å²) in [4.78, 5) is 61.5. The maximum absolute atomic E-state index is 14.2. The van der Waals surface area contributed by atoms with Crippen molar-refractivity contribution >= 4 is 46.6 Å². The quantitative estimate of drug-likeness (QED) is 0.0585. The third-order valence-electron chi connectivity index (χ3n) is 13.5. The van der Waals surface area contributed by atoms with Gasteiger partial charge >= 0.3 is 6.03 Å². The van der Waals surface area contributed by atoms with Gasteiger partial charge in [-0.25, -0.2) is 9.78 Å². The van der Waals surface area contributed by atoms with E-state index < -0.39 is 46.4 Å². The van der Waals surface area contributed by atoms with Gasteiger partial charge in [-0.15, -0.1) is 11.3 Å². The van der Waals surface area contributed by atoms with Gasteiger partial charge < -0.3 is 40.2 Å². The van der Waals surface area contributed by atoms with Gasteiger partial charge in [-0.2, -0.15) is 5.26 Å². The van der Waals surface area contributed by atoms with Gasteiger partial charge in [0.15, 0.2) is 5.78 Å². The van der Waals surface area contributed by atoms with Gasteiger partial charge in [0.05, 0.1) is 57.5 Å². The van der Waals surface area contributed by atoms with Gasteiger partial charge in [0.2, 0.25) is 5.91 Å². The van der Waals surface area contributed by atoms with Crippen LogP contribution in [0.3, 0.4) is 0 Å². The largest absolute Gasteiger partial charge is 0.494 e. The Kier molecular flexibility index (Phi) is 17.8. The molecule has 1 aromatic heterocycles. The number of nitrogens with zero attached hydrogens (tertiary/aromatic N) is 3. The molecule has 14 nitrogen and oxygen atoms in total. The predicted octanol–water partition coefficient (Wildman–Crippen LogP) is 9.61. The Bertz CT molecular complexity index is 2480. The topological polar surface area (TPSA) is 192 Å². The fourth-order valence-corrected chi connectivity index (χ4v) is 11.1. The average molecular weight is 998 g/mol. The number of Topliss-reactive ketones (excluding diaryl/α,β-unsaturated/α-hetero) is 1. The first-order valence-corrected chi connectivity index (χ1v) is 25.5. The monoisotopic (exact) mass is 996 g/mol. The van der Waals surface area contributed by atoms with Gasteiger partial charge in [-0.3, -0.25) is 14.4 Å². The van der Waals surface area contributed by atoms with Crippen LogP contribution in [0.25, 0.3) is 10.4 Å². The Morgan fingerprint density at radius 3 is 2.24 bits per heavy atom. The molecule has 1 saturated heterocycles. The summed E-state index contributed by atoms with van der Waals surface area (Å²) in [6, 6.07) is 19.4. The standard InChI is InChI=1S/C54H69ClN6O8S/c1-10-14-42(34-15-17-35(18-16-34)46-33(2)57-32-70-46)58-51(66)61-30-38(62)27-43(61)45(64)47(52(3,4)5)59-44(63)31-67-25-12-11-13-26-68-39-22-19-36(20-23-39)48(65)60-49-53(6,7)50(54(49,8)9)69-40-24-21-37(29-56)41(55)28-40/h15-24,28,32,38,42-43,47,49-50,62H,10-14,25-27,30-31H2,1-9H3,(H,58,66)(H,59,63)(H,60,65)/t38-,42?,43?,47+,49?,50?/m0/s1. The number of β-amino-alcohol motifs (C(OH)–C–C–N with tert-alkyl or cyclic N) is 1. The molecule has 4 aromatic rings. The zero-order valence-electron chi connectivity index (χ0n) is 41.9. The van der Waals surface area contributed by atoms with Crippen molar-refractivity contribution < 1.29 is 38.5 Å². The number of hydrogen-bond acceptors (Lipinski definition) is 11. The SMILES string of the molecule is CCCC(NC(=O)N1C[C@@H](O)CC1C(=O)[C@@H](NC(=O)COCCCCCOc1ccc(C(=O)NC2C(C)(C)C(Oc3ccc(C#N)c(Cl)c3)C2(C)C)cc1)C(C)(C)C)c1ccc(-c2scnc2C)cc1. The molecule has 2 heterocycles. The number of halogens is 1. The summed E-state index contributed by atoms with van der Waals surface area (Å²) in [6.45, 7) is 18.4. The molecular weight excluding hydrogens is 928 g/mol. The maximum Gasteiger partial charge on any atom is 0.318 e. The number of aliphatic hydroxyl groups is 1. The van der Waals surface area contributed by atoms with Crippen LogP contribution >= 0.6 is 22.9 Å². The van der Waals surface area contributed by atoms with Crippen LogP contribution in [0.1, 0.15) is 127 Å². The Balaban J connectivity index is 0.903. The molecule has 1 aliphatic carbocycles. The number of amides is 4. The summed E-state index contributed by atoms with van der Waals surface area (Å²) in [7, 11) is 0. The second-order valence-electron chi connectivity index (χ2n) is 20.8. The number of thiazole rings is 1. The number of urea groups is 1. The number of carbonyl (C=O) groups is 4. The molecule has 376 valence electrons. The lowest BCUT2D eigenvalue weighted by Crippen LogP contribution is -2.74. The molecule has 0 spiro atoms. The lowest BCUT2D eigenvalue weighted by molar-refractivity contribution is -0.164. The number of rotatable bonds is 21. The highest BCUT2D eigenvalue weighted by molar-refractivity contribution is 7.13. The first kappa shape index (κ1) is 53.8. The average Bonchev–Trinajstić information content (AvgIpc) is 3.94. The maximum atomic E-state index is 14.2. The first-order chi connectivity index (χ1) is 33.1. The molecule has 2 unspecified atom stereocenters. The number of nitriles is 1. The summed E-state index contributed by atoms with van der Waals surface area (Å²) in [5.41, 5.74) is 4.22. The van der Waals surface area contributed by atoms with Crippen LogP contribution in [0.5, 0.6) is 11.5 Å². The number of ketones is 1. The molecule has 6 rings (SSSR count). The zero-order valence-corrected chi connectivity index (χ0v) is 43.5. The van der Waals surface area contributed by atoms with Crippen molar-refractivity contribution in [2.75, 3.05) is 26.4 Å². The minimum Gasteiger partial charge on any atom is -0.494 e. The van der Waals surface area contributed by atoms with E-state index in [1.165, 1.54) is 4.90 Å². The van der Waals surface area contributed by atoms with E-state index in [1.54, 1.807) is 53.8 Å². The van der Waals surface area contributed by atoms with E-state index in [-0.39, 0.29) is 49.5 Å². The van der Waals surface area contributed by atoms with Crippen LogP contribution in [-0.4, -0.2) is 95.3 Å². The number of aryl methyl sites for hydroxylation is 1. The molecule has 4 amide bonds. The Morgan fingerprint density at radius 1 is 0.957 bits per heavy atom. The third kappa shape index (κ3) is 12.9. The van der Waals surface area contributed by atoms with Crippen molar-refractivity contribution in [3.05, 3.63) is 99.6 Å². The number of nitrogens with one attached hydrogen (secondary N) is 3. The fourth-order valence-electron chi connectivity index (χ4n) is 10.1. The summed E-state index contributed by atoms with van der Waals surface area (Å²) in [6.07, 6.45) is 2.72. The molecule has 2 fully saturated rings. The number of carbonyl (C=O) groups excluding carboxylic acids is 4. The van der Waals surface area contributed by atoms with Crippen molar-refractivity contribution in [1.82, 2.24) is 25.8 Å². The Labute approximate surface area is 421 Å². The van der Waals surface area contributed by atoms with Gasteiger partial charge in [0, 0.05) is 48.1 Å². The first-order valence-electron chi connectivity index (χ1n) is 24.2. The predicted molar refractivity (Wildman–Crippen MR) is 272 cm³/mol. The van der Waals surface area contributed by atoms with Crippen LogP contribution < -0.4 is 25.4 Å². The Morgan fingerprint density at radius 2 is 1.63 bits per heavy atom. The molecule has 1 aliphatic heterocycles. The van der Waals surface area contributed by atoms with Crippen LogP contribution in [0.15, 0.2) is 72.2 Å². The lowest BCUT2D eigenvalue weighted by atomic mass is 9.49. The molecule has 4 atom stereocenters. The highest BCUT2D eigenvalue weighted by atomic mass is 35.5. The highest BCUT2D eigenvalue weighted by Crippen LogP contribution is 2.55. The van der Waals surface area contributed by atoms with Gasteiger partial charge in [-0.05, 0) is 85.5 Å². The minimum absolute atomic E-state index is 0.00580. The van der Waals surface area contributed by atoms with E-state index >= 15 is 0 Å². The number of benzene rings is 3. The smallest absolute Gasteiger partial charge is 0.318 e. The zero-order chi connectivity index (χ0) is 51.0. The summed E-state index contributed by atoms with van der Waals surface area (Å²) in [5.74, 6) is 0.253. The molecular formula is C54H69ClN6O8S. The number of unbranched alkanes of at least 4 members (excludes halogenated alkanes) is 2. The van der Waals surface area contributed by atoms with Crippen molar-refractivity contribution in [3.8, 4) is 28.0 Å². The van der Waals surface area contributed by atoms with Crippen molar-refractivity contribution in [1.29, 1.82) is 5.26 Å². The highest BCUT2D eigenvalue weighted by Gasteiger charge is 2.64. The van der Waals surface area contributed by atoms with Crippen molar-refractivity contribution in [2.24, 2.45) is 16.2 Å². The second kappa shape index (κ2) is 23.1. The van der Waals surface area contributed by atoms with Crippen LogP contribution in [0, 0.1) is 34.5 Å². The molecule has 16 heteroatoms. The number of aliphatic hydroxyl groups excluding tert-OH is 1. The van der Waals surface area contributed by atoms with Crippen molar-refractivity contribution in [3.63, 3.8) is 0 Å². The minimum atomic E-state index is -0.929. The molecule has 0 bridgehead atoms. The molecule has 1 saturated carbocycles. The van der Waals surface area contributed by atoms with Gasteiger partial charge in [-0.1, -0.05) is 97.7 Å². The van der Waals surface area contributed by atoms with Crippen LogP contribution in [-0.2, 0) is 14.3 Å². The van der Waals surface area contributed by atoms with Gasteiger partial charge in [0.25, 0.3) is 5.91 Å². The Hall–Kier alpha value is -5.53. The summed E-state index contributed by atoms with van der Waals surface area (Å²) < 4.78 is 18.0. The molecule has 0 radical (unpaired) electrons.